The molecule has 0 fully saturated rings. The normalized spacial score (nSPS) is 13.0. The Kier molecular flexibility index (Phi) is 4.80. The predicted octanol–water partition coefficient (Wildman–Crippen LogP) is 0.767. The lowest BCUT2D eigenvalue weighted by Crippen LogP contribution is -2.34. The van der Waals surface area contributed by atoms with Crippen LogP contribution >= 0.6 is 0 Å². The van der Waals surface area contributed by atoms with Crippen molar-refractivity contribution in [3.05, 3.63) is 21.5 Å². The summed E-state index contributed by atoms with van der Waals surface area (Å²) in [5.74, 6) is 0. The molecule has 1 aromatic rings. The molecule has 0 saturated carbocycles. The predicted molar refractivity (Wildman–Crippen MR) is 67.5 cm³/mol. The molecule has 0 amide bonds. The molecule has 0 aliphatic rings. The Bertz CT molecular complexity index is 428. The Morgan fingerprint density at radius 3 is 2.56 bits per heavy atom. The summed E-state index contributed by atoms with van der Waals surface area (Å²) in [6.07, 6.45) is -0.620. The van der Waals surface area contributed by atoms with Crippen LogP contribution in [0, 0.1) is 24.0 Å². The minimum Gasteiger partial charge on any atom is -0.390 e. The molecular formula is C11H20N4O3. The molecule has 102 valence electrons. The molecule has 0 aromatic carbocycles. The number of hydrogen-bond acceptors (Lipinski definition) is 5. The van der Waals surface area contributed by atoms with Gasteiger partial charge in [-0.3, -0.25) is 14.8 Å². The first-order valence-corrected chi connectivity index (χ1v) is 5.92. The van der Waals surface area contributed by atoms with Crippen LogP contribution in [0.5, 0.6) is 0 Å². The van der Waals surface area contributed by atoms with Crippen LogP contribution in [-0.4, -0.2) is 38.5 Å². The van der Waals surface area contributed by atoms with Crippen molar-refractivity contribution >= 4 is 5.69 Å². The summed E-state index contributed by atoms with van der Waals surface area (Å²) in [5.41, 5.74) is 0.877. The topological polar surface area (TPSA) is 93.2 Å². The highest BCUT2D eigenvalue weighted by Gasteiger charge is 2.22. The fraction of sp³-hybridized carbons (Fsp3) is 0.727. The smallest absolute Gasteiger partial charge is 0.312 e. The summed E-state index contributed by atoms with van der Waals surface area (Å²) in [6, 6.07) is 0.287. The molecule has 1 atom stereocenters. The average Bonchev–Trinajstić information content (AvgIpc) is 2.51. The summed E-state index contributed by atoms with van der Waals surface area (Å²) >= 11 is 0. The van der Waals surface area contributed by atoms with Gasteiger partial charge in [0.1, 0.15) is 11.4 Å². The van der Waals surface area contributed by atoms with Gasteiger partial charge in [0, 0.05) is 12.6 Å². The third-order valence-corrected chi connectivity index (χ3v) is 2.67. The van der Waals surface area contributed by atoms with E-state index in [4.69, 9.17) is 0 Å². The van der Waals surface area contributed by atoms with E-state index < -0.39 is 11.0 Å². The van der Waals surface area contributed by atoms with E-state index in [0.717, 1.165) is 0 Å². The van der Waals surface area contributed by atoms with Crippen LogP contribution < -0.4 is 5.32 Å². The SMILES string of the molecule is Cc1nn(CC(O)CNC(C)C)c(C)c1[N+](=O)[O-]. The van der Waals surface area contributed by atoms with E-state index in [1.807, 2.05) is 13.8 Å². The zero-order valence-corrected chi connectivity index (χ0v) is 11.2. The van der Waals surface area contributed by atoms with Gasteiger partial charge in [-0.1, -0.05) is 13.8 Å². The number of aromatic nitrogens is 2. The molecule has 0 radical (unpaired) electrons. The zero-order valence-electron chi connectivity index (χ0n) is 11.2. The molecule has 1 aromatic heterocycles. The molecule has 1 rings (SSSR count). The molecule has 0 bridgehead atoms. The maximum Gasteiger partial charge on any atom is 0.312 e. The van der Waals surface area contributed by atoms with Gasteiger partial charge in [-0.15, -0.1) is 0 Å². The van der Waals surface area contributed by atoms with Crippen molar-refractivity contribution in [3.63, 3.8) is 0 Å². The van der Waals surface area contributed by atoms with Crippen LogP contribution in [0.15, 0.2) is 0 Å². The van der Waals surface area contributed by atoms with Crippen molar-refractivity contribution in [1.29, 1.82) is 0 Å². The largest absolute Gasteiger partial charge is 0.390 e. The monoisotopic (exact) mass is 256 g/mol. The fourth-order valence-corrected chi connectivity index (χ4v) is 1.77. The lowest BCUT2D eigenvalue weighted by molar-refractivity contribution is -0.386. The van der Waals surface area contributed by atoms with Crippen LogP contribution in [-0.2, 0) is 6.54 Å². The second-order valence-electron chi connectivity index (χ2n) is 4.68. The highest BCUT2D eigenvalue weighted by Crippen LogP contribution is 2.21. The number of aliphatic hydroxyl groups excluding tert-OH is 1. The first kappa shape index (κ1) is 14.6. The second kappa shape index (κ2) is 5.92. The van der Waals surface area contributed by atoms with Crippen LogP contribution in [0.2, 0.25) is 0 Å². The molecule has 0 saturated heterocycles. The molecule has 0 aliphatic heterocycles. The number of aliphatic hydroxyl groups is 1. The quantitative estimate of drug-likeness (QED) is 0.579. The number of nitrogens with zero attached hydrogens (tertiary/aromatic N) is 3. The molecule has 0 aliphatic carbocycles. The van der Waals surface area contributed by atoms with Crippen molar-refractivity contribution in [2.75, 3.05) is 6.54 Å². The molecule has 1 heterocycles. The summed E-state index contributed by atoms with van der Waals surface area (Å²) in [5, 5.41) is 27.8. The van der Waals surface area contributed by atoms with E-state index in [9.17, 15) is 15.2 Å². The molecular weight excluding hydrogens is 236 g/mol. The summed E-state index contributed by atoms with van der Waals surface area (Å²) < 4.78 is 1.49. The van der Waals surface area contributed by atoms with Crippen molar-refractivity contribution in [2.45, 2.75) is 46.4 Å². The van der Waals surface area contributed by atoms with Crippen LogP contribution in [0.25, 0.3) is 0 Å². The van der Waals surface area contributed by atoms with E-state index >= 15 is 0 Å². The van der Waals surface area contributed by atoms with Gasteiger partial charge < -0.3 is 10.4 Å². The Balaban J connectivity index is 2.73. The number of aryl methyl sites for hydroxylation is 1. The molecule has 1 unspecified atom stereocenters. The number of nitrogens with one attached hydrogen (secondary N) is 1. The van der Waals surface area contributed by atoms with Crippen molar-refractivity contribution in [3.8, 4) is 0 Å². The molecule has 0 spiro atoms. The highest BCUT2D eigenvalue weighted by molar-refractivity contribution is 5.39. The lowest BCUT2D eigenvalue weighted by atomic mass is 10.3. The van der Waals surface area contributed by atoms with Crippen LogP contribution in [0.4, 0.5) is 5.69 Å². The summed E-state index contributed by atoms with van der Waals surface area (Å²) in [7, 11) is 0. The molecule has 18 heavy (non-hydrogen) atoms. The van der Waals surface area contributed by atoms with Gasteiger partial charge >= 0.3 is 5.69 Å². The number of hydrogen-bond donors (Lipinski definition) is 2. The van der Waals surface area contributed by atoms with E-state index in [1.54, 1.807) is 13.8 Å². The minimum atomic E-state index is -0.620. The first-order chi connectivity index (χ1) is 8.32. The first-order valence-electron chi connectivity index (χ1n) is 5.92. The maximum absolute atomic E-state index is 10.8. The van der Waals surface area contributed by atoms with Gasteiger partial charge in [-0.25, -0.2) is 0 Å². The minimum absolute atomic E-state index is 0.0269. The van der Waals surface area contributed by atoms with E-state index in [0.29, 0.717) is 17.9 Å². The van der Waals surface area contributed by atoms with Gasteiger partial charge in [0.15, 0.2) is 0 Å². The Hall–Kier alpha value is -1.47. The standard InChI is InChI=1S/C11H20N4O3/c1-7(2)12-5-10(16)6-14-9(4)11(15(17)18)8(3)13-14/h7,10,12,16H,5-6H2,1-4H3. The lowest BCUT2D eigenvalue weighted by Gasteiger charge is -2.14. The molecule has 7 nitrogen and oxygen atoms in total. The molecule has 7 heteroatoms. The van der Waals surface area contributed by atoms with Gasteiger partial charge in [-0.05, 0) is 13.8 Å². The van der Waals surface area contributed by atoms with Gasteiger partial charge in [0.05, 0.1) is 17.6 Å². The van der Waals surface area contributed by atoms with E-state index in [1.165, 1.54) is 4.68 Å². The molecule has 2 N–H and O–H groups in total. The number of nitro groups is 1. The third-order valence-electron chi connectivity index (χ3n) is 2.67. The fourth-order valence-electron chi connectivity index (χ4n) is 1.77. The maximum atomic E-state index is 10.8. The van der Waals surface area contributed by atoms with Crippen molar-refractivity contribution < 1.29 is 10.0 Å². The van der Waals surface area contributed by atoms with Crippen molar-refractivity contribution in [1.82, 2.24) is 15.1 Å². The highest BCUT2D eigenvalue weighted by atomic mass is 16.6. The van der Waals surface area contributed by atoms with Crippen LogP contribution in [0.1, 0.15) is 25.2 Å². The Labute approximate surface area is 106 Å². The van der Waals surface area contributed by atoms with Gasteiger partial charge in [-0.2, -0.15) is 5.10 Å². The Morgan fingerprint density at radius 2 is 2.11 bits per heavy atom. The van der Waals surface area contributed by atoms with Crippen molar-refractivity contribution in [2.24, 2.45) is 0 Å². The third kappa shape index (κ3) is 3.51. The van der Waals surface area contributed by atoms with Crippen LogP contribution in [0.3, 0.4) is 0 Å². The average molecular weight is 256 g/mol. The second-order valence-corrected chi connectivity index (χ2v) is 4.68. The summed E-state index contributed by atoms with van der Waals surface area (Å²) in [6.45, 7) is 7.90. The van der Waals surface area contributed by atoms with E-state index in [-0.39, 0.29) is 18.3 Å². The summed E-state index contributed by atoms with van der Waals surface area (Å²) in [4.78, 5) is 10.4. The van der Waals surface area contributed by atoms with Gasteiger partial charge in [0.2, 0.25) is 0 Å². The zero-order chi connectivity index (χ0) is 13.9. The number of rotatable bonds is 6. The van der Waals surface area contributed by atoms with E-state index in [2.05, 4.69) is 10.4 Å². The Morgan fingerprint density at radius 1 is 1.50 bits per heavy atom. The van der Waals surface area contributed by atoms with Gasteiger partial charge in [0.25, 0.3) is 0 Å².